The Morgan fingerprint density at radius 1 is 0.867 bits per heavy atom. The molecule has 0 amide bonds. The fraction of sp³-hybridized carbons (Fsp3) is 0.412. The Kier molecular flexibility index (Phi) is 9.14. The monoisotopic (exact) mass is 685 g/mol. The van der Waals surface area contributed by atoms with Crippen molar-refractivity contribution in [3.8, 4) is 0 Å². The molecule has 0 radical (unpaired) electrons. The average Bonchev–Trinajstić information content (AvgIpc) is 3.08. The third-order valence-corrected chi connectivity index (χ3v) is 11.7. The number of carboxylic acid groups (broad SMARTS) is 2. The number of fused-ring (bicyclic) bond motifs is 9. The van der Waals surface area contributed by atoms with E-state index in [2.05, 4.69) is 39.8 Å². The number of nitrogens with zero attached hydrogens (tertiary/aromatic N) is 4. The summed E-state index contributed by atoms with van der Waals surface area (Å²) in [5.41, 5.74) is 9.21. The maximum absolute atomic E-state index is 11.6. The normalized spacial score (nSPS) is 25.0. The Labute approximate surface area is 282 Å². The number of aliphatic carboxylic acids is 2. The van der Waals surface area contributed by atoms with Gasteiger partial charge in [0.15, 0.2) is 10.00 Å². The van der Waals surface area contributed by atoms with Gasteiger partial charge in [0.25, 0.3) is 0 Å². The van der Waals surface area contributed by atoms with Gasteiger partial charge in [0, 0.05) is 18.1 Å². The maximum atomic E-state index is 11.6. The van der Waals surface area contributed by atoms with Crippen molar-refractivity contribution in [3.05, 3.63) is 82.8 Å². The third-order valence-electron chi connectivity index (χ3n) is 9.50. The van der Waals surface area contributed by atoms with Gasteiger partial charge in [0.1, 0.15) is 0 Å². The summed E-state index contributed by atoms with van der Waals surface area (Å²) in [7, 11) is 0. The summed E-state index contributed by atoms with van der Waals surface area (Å²) in [6.07, 6.45) is 8.72. The zero-order valence-electron chi connectivity index (χ0n) is 26.1. The average molecular weight is 686 g/mol. The van der Waals surface area contributed by atoms with Crippen LogP contribution >= 0.6 is 12.6 Å². The molecule has 0 aliphatic carbocycles. The van der Waals surface area contributed by atoms with Gasteiger partial charge in [-0.3, -0.25) is 9.59 Å². The molecule has 1 unspecified atom stereocenters. The molecule has 1 spiro atoms. The number of rotatable bonds is 7. The van der Waals surface area contributed by atoms with Gasteiger partial charge in [-0.15, -0.1) is 44.6 Å². The van der Waals surface area contributed by atoms with Gasteiger partial charge in [-0.2, -0.15) is 12.6 Å². The van der Waals surface area contributed by atoms with E-state index in [0.717, 1.165) is 60.8 Å². The first kappa shape index (κ1) is 33.4. The second kappa shape index (κ2) is 12.3. The molecule has 0 aromatic carbocycles. The molecule has 4 atom stereocenters. The topological polar surface area (TPSA) is 131 Å². The molecule has 3 aliphatic heterocycles. The second-order valence-electron chi connectivity index (χ2n) is 12.2. The zero-order valence-corrected chi connectivity index (χ0v) is 29.0. The van der Waals surface area contributed by atoms with Crippen molar-refractivity contribution in [2.24, 2.45) is 0 Å². The Morgan fingerprint density at radius 2 is 1.47 bits per heavy atom. The molecule has 6 heterocycles. The van der Waals surface area contributed by atoms with Crippen molar-refractivity contribution < 1.29 is 36.9 Å². The molecular weight excluding hydrogens is 648 g/mol. The van der Waals surface area contributed by atoms with Gasteiger partial charge in [-0.25, -0.2) is 0 Å². The maximum Gasteiger partial charge on any atom is 4.00 e. The molecule has 3 aromatic heterocycles. The summed E-state index contributed by atoms with van der Waals surface area (Å²) in [5, 5.41) is 27.8. The van der Waals surface area contributed by atoms with E-state index >= 15 is 0 Å². The van der Waals surface area contributed by atoms with Gasteiger partial charge in [-0.1, -0.05) is 46.0 Å². The van der Waals surface area contributed by atoms with E-state index < -0.39 is 11.9 Å². The van der Waals surface area contributed by atoms with E-state index in [1.54, 1.807) is 0 Å². The van der Waals surface area contributed by atoms with Crippen LogP contribution in [-0.2, 0) is 51.3 Å². The fourth-order valence-corrected chi connectivity index (χ4v) is 8.74. The number of carbonyl (C=O) groups is 2. The minimum Gasteiger partial charge on any atom is -0.674 e. The number of aromatic nitrogens is 3. The largest absolute Gasteiger partial charge is 4.00 e. The molecule has 0 saturated carbocycles. The van der Waals surface area contributed by atoms with Crippen LogP contribution in [0.5, 0.6) is 0 Å². The quantitative estimate of drug-likeness (QED) is 0.150. The molecular formula is C34H37FeN4O4S2+. The van der Waals surface area contributed by atoms with Crippen molar-refractivity contribution >= 4 is 60.6 Å². The van der Waals surface area contributed by atoms with Gasteiger partial charge < -0.3 is 30.5 Å². The van der Waals surface area contributed by atoms with E-state index in [9.17, 15) is 19.8 Å². The van der Waals surface area contributed by atoms with Crippen molar-refractivity contribution in [1.29, 1.82) is 0 Å². The molecule has 3 aliphatic rings. The molecule has 8 nitrogen and oxygen atoms in total. The Morgan fingerprint density at radius 3 is 2.07 bits per heavy atom. The summed E-state index contributed by atoms with van der Waals surface area (Å²) < 4.78 is -0.0948. The molecule has 45 heavy (non-hydrogen) atoms. The third kappa shape index (κ3) is 5.77. The summed E-state index contributed by atoms with van der Waals surface area (Å²) in [6.45, 7) is 12.5. The number of allylic oxidation sites excluding steroid dienone is 1. The van der Waals surface area contributed by atoms with Crippen molar-refractivity contribution in [2.45, 2.75) is 88.5 Å². The minimum atomic E-state index is -0.881. The van der Waals surface area contributed by atoms with Crippen LogP contribution in [0.25, 0.3) is 29.6 Å². The van der Waals surface area contributed by atoms with Crippen LogP contribution in [0.2, 0.25) is 0 Å². The molecule has 1 saturated heterocycles. The molecule has 8 bridgehead atoms. The van der Waals surface area contributed by atoms with E-state index in [4.69, 9.17) is 32.9 Å². The van der Waals surface area contributed by atoms with Crippen LogP contribution in [-0.4, -0.2) is 38.2 Å². The van der Waals surface area contributed by atoms with Gasteiger partial charge in [-0.05, 0) is 83.3 Å². The number of hydrogen-bond donors (Lipinski definition) is 3. The van der Waals surface area contributed by atoms with E-state index in [0.29, 0.717) is 29.1 Å². The van der Waals surface area contributed by atoms with E-state index in [1.807, 2.05) is 26.0 Å². The van der Waals surface area contributed by atoms with Crippen LogP contribution in [0, 0.1) is 20.8 Å². The first-order chi connectivity index (χ1) is 20.8. The molecule has 2 N–H and O–H groups in total. The van der Waals surface area contributed by atoms with Gasteiger partial charge in [0.2, 0.25) is 0 Å². The summed E-state index contributed by atoms with van der Waals surface area (Å²) in [5.74, 6) is -1.75. The number of hydrogen-bond acceptors (Lipinski definition) is 3. The van der Waals surface area contributed by atoms with Gasteiger partial charge >= 0.3 is 29.0 Å². The van der Waals surface area contributed by atoms with Crippen LogP contribution in [0.3, 0.4) is 0 Å². The molecule has 1 fully saturated rings. The summed E-state index contributed by atoms with van der Waals surface area (Å²) in [4.78, 5) is 38.3. The van der Waals surface area contributed by atoms with Crippen LogP contribution < -0.4 is 36.3 Å². The SMILES string of the molecule is CC1=C2/C=c3\[n-]/c(c(C)c3[C@@H](C)S)=C\c3[n-]c(c(CCC(=O)O)c3C)/C=c3\[n-]/c(c(C)c3CCC(=O)O)=C\C([N-]2)[C@@]12[SH+][C@@H]2C.[Fe+4]. The van der Waals surface area contributed by atoms with Crippen molar-refractivity contribution in [1.82, 2.24) is 15.0 Å². The van der Waals surface area contributed by atoms with Gasteiger partial charge in [0.05, 0.1) is 0 Å². The summed E-state index contributed by atoms with van der Waals surface area (Å²) >= 11 is 6.15. The van der Waals surface area contributed by atoms with Crippen molar-refractivity contribution in [2.75, 3.05) is 0 Å². The first-order valence-electron chi connectivity index (χ1n) is 15.0. The van der Waals surface area contributed by atoms with E-state index in [1.165, 1.54) is 17.3 Å². The molecule has 6 rings (SSSR count). The molecule has 236 valence electrons. The summed E-state index contributed by atoms with van der Waals surface area (Å²) in [6, 6.07) is -0.108. The minimum absolute atomic E-state index is 0. The standard InChI is InChI=1S/C34H36N4O4S2.Fe/c1-15-21(7-9-31(39)40)27-13-28-22(8-10-32(41)42)16(2)25(36-28)14-30-34(20(6)44-34)18(4)26(38-30)12-29-33(19(5)43)17(3)24(37-29)11-23(15)35-27;/h11-14,19-20,30,43H,7-10H2,1-6H3,(H,39,40)(H,41,42);/q-4;+4/p+1/b24-11-,25-14-,28-13-,29-12-;/t19-,20-,30?,34-;/m1./s1. The number of thiol groups is 2. The van der Waals surface area contributed by atoms with Crippen LogP contribution in [0.1, 0.15) is 83.6 Å². The Balaban J connectivity index is 0.00000400. The Hall–Kier alpha value is -2.98. The molecule has 11 heteroatoms. The number of carboxylic acids is 2. The molecule has 3 aromatic rings. The fourth-order valence-electron chi connectivity index (χ4n) is 6.91. The van der Waals surface area contributed by atoms with Crippen molar-refractivity contribution in [3.63, 3.8) is 0 Å². The smallest absolute Gasteiger partial charge is 0.674 e. The van der Waals surface area contributed by atoms with Crippen LogP contribution in [0.15, 0.2) is 11.3 Å². The van der Waals surface area contributed by atoms with E-state index in [-0.39, 0.29) is 45.9 Å². The van der Waals surface area contributed by atoms with Crippen LogP contribution in [0.4, 0.5) is 0 Å². The predicted octanol–water partition coefficient (Wildman–Crippen LogP) is 1.72. The Bertz CT molecular complexity index is 2000. The predicted molar refractivity (Wildman–Crippen MR) is 178 cm³/mol. The second-order valence-corrected chi connectivity index (χ2v) is 14.7. The zero-order chi connectivity index (χ0) is 31.7. The first-order valence-corrected chi connectivity index (χ1v) is 16.4.